The van der Waals surface area contributed by atoms with Crippen molar-refractivity contribution in [3.8, 4) is 0 Å². The highest BCUT2D eigenvalue weighted by atomic mass is 16.4. The molecule has 0 aromatic rings. The Bertz CT molecular complexity index is 200. The summed E-state index contributed by atoms with van der Waals surface area (Å²) in [7, 11) is 0. The number of hydrogen-bond acceptors (Lipinski definition) is 1. The zero-order valence-corrected chi connectivity index (χ0v) is 6.89. The molecule has 0 aliphatic heterocycles. The van der Waals surface area contributed by atoms with Gasteiger partial charge in [-0.15, -0.1) is 0 Å². The van der Waals surface area contributed by atoms with Crippen LogP contribution >= 0.6 is 0 Å². The lowest BCUT2D eigenvalue weighted by Crippen LogP contribution is -2.18. The summed E-state index contributed by atoms with van der Waals surface area (Å²) in [6.45, 7) is 2.24. The average Bonchev–Trinajstić information content (AvgIpc) is 2.68. The molecule has 11 heavy (non-hydrogen) atoms. The Labute approximate surface area is 66.6 Å². The molecule has 0 aromatic carbocycles. The summed E-state index contributed by atoms with van der Waals surface area (Å²) >= 11 is 0. The molecule has 2 rings (SSSR count). The fourth-order valence-corrected chi connectivity index (χ4v) is 2.15. The molecule has 0 atom stereocenters. The number of carbonyl (C=O) groups is 1. The normalized spacial score (nSPS) is 29.5. The summed E-state index contributed by atoms with van der Waals surface area (Å²) in [4.78, 5) is 10.5. The van der Waals surface area contributed by atoms with Gasteiger partial charge < -0.3 is 5.11 Å². The van der Waals surface area contributed by atoms with Crippen LogP contribution in [0.5, 0.6) is 0 Å². The van der Waals surface area contributed by atoms with Gasteiger partial charge in [-0.25, -0.2) is 0 Å². The van der Waals surface area contributed by atoms with Gasteiger partial charge in [-0.2, -0.15) is 0 Å². The van der Waals surface area contributed by atoms with Crippen LogP contribution < -0.4 is 0 Å². The third kappa shape index (κ3) is 0.959. The van der Waals surface area contributed by atoms with Gasteiger partial charge in [0.15, 0.2) is 0 Å². The molecule has 1 N–H and O–H groups in total. The zero-order valence-electron chi connectivity index (χ0n) is 6.89. The van der Waals surface area contributed by atoms with Gasteiger partial charge >= 0.3 is 5.97 Å². The molecule has 0 unspecified atom stereocenters. The molecule has 2 heteroatoms. The van der Waals surface area contributed by atoms with Gasteiger partial charge in [0.05, 0.1) is 6.42 Å². The van der Waals surface area contributed by atoms with Crippen LogP contribution in [-0.4, -0.2) is 11.1 Å². The molecule has 2 nitrogen and oxygen atoms in total. The van der Waals surface area contributed by atoms with Crippen molar-refractivity contribution in [1.29, 1.82) is 0 Å². The standard InChI is InChI=1S/C9H14O2/c1-8(2-3-8)9(4-5-9)6-7(10)11/h2-6H2,1H3,(H,10,11). The lowest BCUT2D eigenvalue weighted by atomic mass is 9.84. The highest BCUT2D eigenvalue weighted by Crippen LogP contribution is 2.71. The van der Waals surface area contributed by atoms with Crippen LogP contribution in [0.4, 0.5) is 0 Å². The van der Waals surface area contributed by atoms with Crippen molar-refractivity contribution in [3.63, 3.8) is 0 Å². The molecule has 2 aliphatic carbocycles. The number of carboxylic acid groups (broad SMARTS) is 1. The van der Waals surface area contributed by atoms with E-state index in [-0.39, 0.29) is 5.41 Å². The van der Waals surface area contributed by atoms with Gasteiger partial charge in [0.25, 0.3) is 0 Å². The molecule has 0 aromatic heterocycles. The van der Waals surface area contributed by atoms with Crippen LogP contribution in [0.2, 0.25) is 0 Å². The Hall–Kier alpha value is -0.530. The molecular formula is C9H14O2. The van der Waals surface area contributed by atoms with Crippen molar-refractivity contribution in [2.45, 2.75) is 39.0 Å². The second kappa shape index (κ2) is 1.79. The molecule has 2 fully saturated rings. The van der Waals surface area contributed by atoms with Gasteiger partial charge in [-0.1, -0.05) is 6.92 Å². The summed E-state index contributed by atoms with van der Waals surface area (Å²) in [5, 5.41) is 8.68. The van der Waals surface area contributed by atoms with E-state index in [2.05, 4.69) is 6.92 Å². The minimum Gasteiger partial charge on any atom is -0.481 e. The topological polar surface area (TPSA) is 37.3 Å². The molecular weight excluding hydrogens is 140 g/mol. The van der Waals surface area contributed by atoms with Crippen LogP contribution in [0.25, 0.3) is 0 Å². The van der Waals surface area contributed by atoms with Gasteiger partial charge in [-0.3, -0.25) is 4.79 Å². The van der Waals surface area contributed by atoms with Crippen molar-refractivity contribution >= 4 is 5.97 Å². The molecule has 0 spiro atoms. The third-order valence-corrected chi connectivity index (χ3v) is 3.62. The Morgan fingerprint density at radius 3 is 2.18 bits per heavy atom. The van der Waals surface area contributed by atoms with E-state index in [0.717, 1.165) is 12.8 Å². The maximum Gasteiger partial charge on any atom is 0.303 e. The quantitative estimate of drug-likeness (QED) is 0.675. The lowest BCUT2D eigenvalue weighted by Gasteiger charge is -2.19. The van der Waals surface area contributed by atoms with E-state index in [4.69, 9.17) is 5.11 Å². The summed E-state index contributed by atoms with van der Waals surface area (Å²) in [5.41, 5.74) is 0.629. The summed E-state index contributed by atoms with van der Waals surface area (Å²) in [6, 6.07) is 0. The summed E-state index contributed by atoms with van der Waals surface area (Å²) < 4.78 is 0. The predicted molar refractivity (Wildman–Crippen MR) is 41.3 cm³/mol. The highest BCUT2D eigenvalue weighted by molar-refractivity contribution is 5.68. The minimum atomic E-state index is -0.615. The number of aliphatic carboxylic acids is 1. The Kier molecular flexibility index (Phi) is 1.16. The van der Waals surface area contributed by atoms with E-state index in [9.17, 15) is 4.79 Å². The first-order chi connectivity index (χ1) is 5.08. The van der Waals surface area contributed by atoms with Gasteiger partial charge in [0.1, 0.15) is 0 Å². The molecule has 0 saturated heterocycles. The highest BCUT2D eigenvalue weighted by Gasteiger charge is 2.62. The van der Waals surface area contributed by atoms with E-state index in [1.54, 1.807) is 0 Å². The molecule has 0 amide bonds. The van der Waals surface area contributed by atoms with Crippen molar-refractivity contribution in [3.05, 3.63) is 0 Å². The van der Waals surface area contributed by atoms with Crippen LogP contribution in [0.15, 0.2) is 0 Å². The van der Waals surface area contributed by atoms with Crippen molar-refractivity contribution in [2.75, 3.05) is 0 Å². The van der Waals surface area contributed by atoms with Crippen LogP contribution in [0, 0.1) is 10.8 Å². The lowest BCUT2D eigenvalue weighted by molar-refractivity contribution is -0.139. The maximum atomic E-state index is 10.5. The van der Waals surface area contributed by atoms with Gasteiger partial charge in [-0.05, 0) is 36.5 Å². The fourth-order valence-electron chi connectivity index (χ4n) is 2.15. The van der Waals surface area contributed by atoms with Crippen molar-refractivity contribution < 1.29 is 9.90 Å². The second-order valence-corrected chi connectivity index (χ2v) is 4.41. The monoisotopic (exact) mass is 154 g/mol. The average molecular weight is 154 g/mol. The van der Waals surface area contributed by atoms with Crippen molar-refractivity contribution in [2.24, 2.45) is 10.8 Å². The smallest absolute Gasteiger partial charge is 0.303 e. The Morgan fingerprint density at radius 2 is 1.91 bits per heavy atom. The van der Waals surface area contributed by atoms with E-state index in [1.807, 2.05) is 0 Å². The summed E-state index contributed by atoms with van der Waals surface area (Å²) in [5.74, 6) is -0.615. The maximum absolute atomic E-state index is 10.5. The Morgan fingerprint density at radius 1 is 1.36 bits per heavy atom. The third-order valence-electron chi connectivity index (χ3n) is 3.62. The van der Waals surface area contributed by atoms with E-state index in [0.29, 0.717) is 11.8 Å². The fraction of sp³-hybridized carbons (Fsp3) is 0.889. The van der Waals surface area contributed by atoms with Crippen LogP contribution in [0.1, 0.15) is 39.0 Å². The van der Waals surface area contributed by atoms with Crippen LogP contribution in [-0.2, 0) is 4.79 Å². The Balaban J connectivity index is 2.05. The van der Waals surface area contributed by atoms with Crippen LogP contribution in [0.3, 0.4) is 0 Å². The second-order valence-electron chi connectivity index (χ2n) is 4.41. The molecule has 0 bridgehead atoms. The van der Waals surface area contributed by atoms with E-state index < -0.39 is 5.97 Å². The molecule has 62 valence electrons. The minimum absolute atomic E-state index is 0.221. The largest absolute Gasteiger partial charge is 0.481 e. The first-order valence-corrected chi connectivity index (χ1v) is 4.30. The number of hydrogen-bond donors (Lipinski definition) is 1. The summed E-state index contributed by atoms with van der Waals surface area (Å²) in [6.07, 6.45) is 5.20. The van der Waals surface area contributed by atoms with E-state index in [1.165, 1.54) is 12.8 Å². The van der Waals surface area contributed by atoms with E-state index >= 15 is 0 Å². The first-order valence-electron chi connectivity index (χ1n) is 4.30. The molecule has 2 saturated carbocycles. The first kappa shape index (κ1) is 7.14. The number of carboxylic acids is 1. The molecule has 2 aliphatic rings. The molecule has 0 radical (unpaired) electrons. The van der Waals surface area contributed by atoms with Gasteiger partial charge in [0.2, 0.25) is 0 Å². The molecule has 0 heterocycles. The number of rotatable bonds is 3. The van der Waals surface area contributed by atoms with Crippen molar-refractivity contribution in [1.82, 2.24) is 0 Å². The zero-order chi connectivity index (χ0) is 8.11. The van der Waals surface area contributed by atoms with Gasteiger partial charge in [0, 0.05) is 0 Å². The SMILES string of the molecule is CC1(C2(CC(=O)O)CC2)CC1. The predicted octanol–water partition coefficient (Wildman–Crippen LogP) is 2.04.